The lowest BCUT2D eigenvalue weighted by Gasteiger charge is -2.27. The van der Waals surface area contributed by atoms with Crippen LogP contribution in [-0.4, -0.2) is 16.6 Å². The van der Waals surface area contributed by atoms with Gasteiger partial charge in [-0.05, 0) is 30.9 Å². The zero-order valence-corrected chi connectivity index (χ0v) is 10.2. The van der Waals surface area contributed by atoms with E-state index >= 15 is 0 Å². The van der Waals surface area contributed by atoms with E-state index in [9.17, 15) is 4.79 Å². The van der Waals surface area contributed by atoms with Crippen molar-refractivity contribution in [2.45, 2.75) is 25.8 Å². The molecule has 0 aliphatic carbocycles. The maximum absolute atomic E-state index is 11.0. The van der Waals surface area contributed by atoms with Crippen LogP contribution in [0.1, 0.15) is 19.4 Å². The summed E-state index contributed by atoms with van der Waals surface area (Å²) < 4.78 is 0. The van der Waals surface area contributed by atoms with Gasteiger partial charge in [0.1, 0.15) is 5.54 Å². The molecule has 0 heterocycles. The highest BCUT2D eigenvalue weighted by Gasteiger charge is 2.34. The fourth-order valence-corrected chi connectivity index (χ4v) is 1.63. The standard InChI is InChI=1S/C12H16ClNO2/c1-8(12(2,14)11(15)16)7-9-5-3-4-6-10(9)13/h3-6,8H,7,14H2,1-2H3,(H,15,16). The number of hydrogen-bond acceptors (Lipinski definition) is 2. The van der Waals surface area contributed by atoms with Crippen LogP contribution in [0.3, 0.4) is 0 Å². The molecule has 0 amide bonds. The maximum atomic E-state index is 11.0. The van der Waals surface area contributed by atoms with Gasteiger partial charge in [-0.25, -0.2) is 0 Å². The van der Waals surface area contributed by atoms with Gasteiger partial charge in [-0.15, -0.1) is 0 Å². The average Bonchev–Trinajstić information content (AvgIpc) is 2.21. The number of hydrogen-bond donors (Lipinski definition) is 2. The topological polar surface area (TPSA) is 63.3 Å². The van der Waals surface area contributed by atoms with Crippen molar-refractivity contribution in [1.82, 2.24) is 0 Å². The van der Waals surface area contributed by atoms with E-state index in [1.165, 1.54) is 6.92 Å². The van der Waals surface area contributed by atoms with Crippen LogP contribution < -0.4 is 5.73 Å². The van der Waals surface area contributed by atoms with Crippen molar-refractivity contribution < 1.29 is 9.90 Å². The van der Waals surface area contributed by atoms with E-state index < -0.39 is 11.5 Å². The van der Waals surface area contributed by atoms with E-state index in [1.54, 1.807) is 6.07 Å². The highest BCUT2D eigenvalue weighted by molar-refractivity contribution is 6.31. The second kappa shape index (κ2) is 4.85. The minimum Gasteiger partial charge on any atom is -0.480 e. The number of carboxylic acid groups (broad SMARTS) is 1. The monoisotopic (exact) mass is 241 g/mol. The van der Waals surface area contributed by atoms with Crippen LogP contribution >= 0.6 is 11.6 Å². The Kier molecular flexibility index (Phi) is 3.94. The van der Waals surface area contributed by atoms with Crippen molar-refractivity contribution in [3.8, 4) is 0 Å². The van der Waals surface area contributed by atoms with E-state index in [0.29, 0.717) is 11.4 Å². The lowest BCUT2D eigenvalue weighted by Crippen LogP contribution is -2.51. The second-order valence-corrected chi connectivity index (χ2v) is 4.69. The highest BCUT2D eigenvalue weighted by atomic mass is 35.5. The van der Waals surface area contributed by atoms with Crippen molar-refractivity contribution in [2.24, 2.45) is 11.7 Å². The SMILES string of the molecule is CC(Cc1ccccc1Cl)C(C)(N)C(=O)O. The molecule has 16 heavy (non-hydrogen) atoms. The first-order valence-corrected chi connectivity index (χ1v) is 5.49. The van der Waals surface area contributed by atoms with E-state index in [0.717, 1.165) is 5.56 Å². The van der Waals surface area contributed by atoms with Crippen LogP contribution in [0.4, 0.5) is 0 Å². The lowest BCUT2D eigenvalue weighted by atomic mass is 9.83. The molecule has 0 fully saturated rings. The summed E-state index contributed by atoms with van der Waals surface area (Å²) in [4.78, 5) is 11.0. The number of rotatable bonds is 4. The molecule has 4 heteroatoms. The Morgan fingerprint density at radius 2 is 2.12 bits per heavy atom. The molecule has 1 aromatic rings. The van der Waals surface area contributed by atoms with Crippen molar-refractivity contribution >= 4 is 17.6 Å². The molecule has 0 aromatic heterocycles. The molecule has 0 saturated carbocycles. The van der Waals surface area contributed by atoms with Crippen LogP contribution in [0, 0.1) is 5.92 Å². The Hall–Kier alpha value is -1.06. The molecule has 0 radical (unpaired) electrons. The minimum atomic E-state index is -1.24. The van der Waals surface area contributed by atoms with Crippen molar-refractivity contribution in [1.29, 1.82) is 0 Å². The summed E-state index contributed by atoms with van der Waals surface area (Å²) in [6, 6.07) is 7.40. The molecule has 88 valence electrons. The molecule has 0 aliphatic heterocycles. The van der Waals surface area contributed by atoms with Gasteiger partial charge >= 0.3 is 5.97 Å². The largest absolute Gasteiger partial charge is 0.480 e. The van der Waals surface area contributed by atoms with E-state index in [4.69, 9.17) is 22.4 Å². The fourth-order valence-electron chi connectivity index (χ4n) is 1.42. The molecule has 1 rings (SSSR count). The van der Waals surface area contributed by atoms with E-state index in [2.05, 4.69) is 0 Å². The molecule has 0 saturated heterocycles. The molecular formula is C12H16ClNO2. The molecular weight excluding hydrogens is 226 g/mol. The molecule has 0 bridgehead atoms. The molecule has 0 aliphatic rings. The van der Waals surface area contributed by atoms with Crippen LogP contribution in [-0.2, 0) is 11.2 Å². The third-order valence-corrected chi connectivity index (χ3v) is 3.34. The van der Waals surface area contributed by atoms with Gasteiger partial charge in [-0.2, -0.15) is 0 Å². The summed E-state index contributed by atoms with van der Waals surface area (Å²) in [5, 5.41) is 9.65. The summed E-state index contributed by atoms with van der Waals surface area (Å²) in [5.74, 6) is -1.18. The molecule has 3 N–H and O–H groups in total. The Morgan fingerprint density at radius 1 is 1.56 bits per heavy atom. The first-order chi connectivity index (χ1) is 7.35. The van der Waals surface area contributed by atoms with Gasteiger partial charge in [0, 0.05) is 5.02 Å². The second-order valence-electron chi connectivity index (χ2n) is 4.28. The van der Waals surface area contributed by atoms with Crippen LogP contribution in [0.25, 0.3) is 0 Å². The number of carbonyl (C=O) groups is 1. The summed E-state index contributed by atoms with van der Waals surface area (Å²) in [7, 11) is 0. The number of nitrogens with two attached hydrogens (primary N) is 1. The third-order valence-electron chi connectivity index (χ3n) is 2.97. The number of benzene rings is 1. The lowest BCUT2D eigenvalue weighted by molar-refractivity contribution is -0.144. The quantitative estimate of drug-likeness (QED) is 0.850. The van der Waals surface area contributed by atoms with Gasteiger partial charge in [0.05, 0.1) is 0 Å². The van der Waals surface area contributed by atoms with Crippen LogP contribution in [0.5, 0.6) is 0 Å². The fraction of sp³-hybridized carbons (Fsp3) is 0.417. The van der Waals surface area contributed by atoms with Crippen LogP contribution in [0.15, 0.2) is 24.3 Å². The van der Waals surface area contributed by atoms with Crippen molar-refractivity contribution in [2.75, 3.05) is 0 Å². The predicted molar refractivity (Wildman–Crippen MR) is 64.5 cm³/mol. The average molecular weight is 242 g/mol. The maximum Gasteiger partial charge on any atom is 0.323 e. The van der Waals surface area contributed by atoms with Gasteiger partial charge in [0.2, 0.25) is 0 Å². The van der Waals surface area contributed by atoms with Crippen molar-refractivity contribution in [3.63, 3.8) is 0 Å². The molecule has 2 unspecified atom stereocenters. The van der Waals surface area contributed by atoms with Crippen molar-refractivity contribution in [3.05, 3.63) is 34.9 Å². The summed E-state index contributed by atoms with van der Waals surface area (Å²) in [6.45, 7) is 3.34. The zero-order valence-electron chi connectivity index (χ0n) is 9.40. The molecule has 1 aromatic carbocycles. The van der Waals surface area contributed by atoms with E-state index in [1.807, 2.05) is 25.1 Å². The minimum absolute atomic E-state index is 0.190. The zero-order chi connectivity index (χ0) is 12.3. The van der Waals surface area contributed by atoms with Gasteiger partial charge in [-0.1, -0.05) is 36.7 Å². The smallest absolute Gasteiger partial charge is 0.323 e. The number of aliphatic carboxylic acids is 1. The Balaban J connectivity index is 2.83. The normalized spacial score (nSPS) is 16.5. The molecule has 3 nitrogen and oxygen atoms in total. The van der Waals surface area contributed by atoms with Gasteiger partial charge < -0.3 is 10.8 Å². The third kappa shape index (κ3) is 2.74. The Morgan fingerprint density at radius 3 is 2.62 bits per heavy atom. The predicted octanol–water partition coefficient (Wildman–Crippen LogP) is 2.32. The molecule has 2 atom stereocenters. The Labute approximate surface area is 100 Å². The van der Waals surface area contributed by atoms with Gasteiger partial charge in [-0.3, -0.25) is 4.79 Å². The van der Waals surface area contributed by atoms with Gasteiger partial charge in [0.15, 0.2) is 0 Å². The van der Waals surface area contributed by atoms with E-state index in [-0.39, 0.29) is 5.92 Å². The summed E-state index contributed by atoms with van der Waals surface area (Å²) in [5.41, 5.74) is 5.45. The van der Waals surface area contributed by atoms with Gasteiger partial charge in [0.25, 0.3) is 0 Å². The first kappa shape index (κ1) is 13.0. The summed E-state index contributed by atoms with van der Waals surface area (Å²) >= 11 is 6.01. The summed E-state index contributed by atoms with van der Waals surface area (Å²) in [6.07, 6.45) is 0.555. The molecule has 0 spiro atoms. The van der Waals surface area contributed by atoms with Crippen LogP contribution in [0.2, 0.25) is 5.02 Å². The highest BCUT2D eigenvalue weighted by Crippen LogP contribution is 2.24. The first-order valence-electron chi connectivity index (χ1n) is 5.11. The Bertz CT molecular complexity index is 390. The number of carboxylic acids is 1. The number of halogens is 1.